The number of nitrogens with one attached hydrogen (secondary N) is 1. The molecule has 208 valence electrons. The summed E-state index contributed by atoms with van der Waals surface area (Å²) in [4.78, 5) is 39.1. The van der Waals surface area contributed by atoms with Gasteiger partial charge in [0.15, 0.2) is 0 Å². The molecular weight excluding hydrogens is 543 g/mol. The van der Waals surface area contributed by atoms with Crippen LogP contribution in [0.25, 0.3) is 17.3 Å². The first-order valence-electron chi connectivity index (χ1n) is 12.9. The molecule has 12 heteroatoms. The van der Waals surface area contributed by atoms with Gasteiger partial charge in [0.25, 0.3) is 11.1 Å². The maximum atomic E-state index is 12.7. The minimum Gasteiger partial charge on any atom is -0.406 e. The molecule has 2 amide bonds. The van der Waals surface area contributed by atoms with Gasteiger partial charge in [-0.2, -0.15) is 0 Å². The summed E-state index contributed by atoms with van der Waals surface area (Å²) in [5.74, 6) is 0.449. The summed E-state index contributed by atoms with van der Waals surface area (Å²) in [6.45, 7) is 1.62. The van der Waals surface area contributed by atoms with Crippen LogP contribution < -0.4 is 15.0 Å². The average Bonchev–Trinajstić information content (AvgIpc) is 3.24. The largest absolute Gasteiger partial charge is 0.573 e. The van der Waals surface area contributed by atoms with Gasteiger partial charge >= 0.3 is 6.36 Å². The van der Waals surface area contributed by atoms with Gasteiger partial charge in [-0.15, -0.1) is 13.2 Å². The van der Waals surface area contributed by atoms with Gasteiger partial charge in [0, 0.05) is 31.0 Å². The van der Waals surface area contributed by atoms with Crippen LogP contribution in [0.15, 0.2) is 59.8 Å². The zero-order chi connectivity index (χ0) is 28.1. The van der Waals surface area contributed by atoms with Crippen LogP contribution in [0.3, 0.4) is 0 Å². The van der Waals surface area contributed by atoms with Gasteiger partial charge in [0.05, 0.1) is 16.3 Å². The monoisotopic (exact) mass is 569 g/mol. The molecule has 8 nitrogen and oxygen atoms in total. The van der Waals surface area contributed by atoms with Crippen molar-refractivity contribution in [3.8, 4) is 17.0 Å². The van der Waals surface area contributed by atoms with Crippen LogP contribution in [0.2, 0.25) is 0 Å². The Kier molecular flexibility index (Phi) is 8.34. The highest BCUT2D eigenvalue weighted by atomic mass is 32.2. The summed E-state index contributed by atoms with van der Waals surface area (Å²) < 4.78 is 42.1. The number of ether oxygens (including phenoxy) is 1. The van der Waals surface area contributed by atoms with Crippen molar-refractivity contribution in [3.63, 3.8) is 0 Å². The summed E-state index contributed by atoms with van der Waals surface area (Å²) in [5, 5.41) is 1.84. The zero-order valence-electron chi connectivity index (χ0n) is 21.4. The third-order valence-corrected chi connectivity index (χ3v) is 7.58. The molecule has 2 aliphatic heterocycles. The molecule has 0 aliphatic carbocycles. The number of carbonyl (C=O) groups is 2. The van der Waals surface area contributed by atoms with E-state index in [1.807, 2.05) is 12.1 Å². The van der Waals surface area contributed by atoms with E-state index in [1.54, 1.807) is 30.6 Å². The number of hydrogen-bond acceptors (Lipinski definition) is 8. The lowest BCUT2D eigenvalue weighted by molar-refractivity contribution is -0.274. The molecule has 2 fully saturated rings. The molecule has 3 aromatic rings. The molecule has 2 aliphatic rings. The van der Waals surface area contributed by atoms with E-state index in [9.17, 15) is 22.8 Å². The van der Waals surface area contributed by atoms with Crippen LogP contribution in [0.5, 0.6) is 5.75 Å². The molecule has 0 bridgehead atoms. The van der Waals surface area contributed by atoms with Crippen LogP contribution >= 0.6 is 11.8 Å². The molecule has 0 spiro atoms. The van der Waals surface area contributed by atoms with E-state index in [0.29, 0.717) is 33.7 Å². The van der Waals surface area contributed by atoms with Gasteiger partial charge in [0.2, 0.25) is 5.95 Å². The standard InChI is InChI=1S/C28H26F3N5O3S/c29-28(30,31)39-22-8-2-6-20(16-22)24-19(7-3-12-32-24)5-1-4-18-10-14-36(15-11-18)26-33-13-9-21(34-26)17-23-25(37)35-27(38)40-23/h2-3,6-9,12-13,16-18H,1,4-5,10-11,14-15H2,(H,35,37,38)/b23-17-. The van der Waals surface area contributed by atoms with Crippen molar-refractivity contribution in [3.05, 3.63) is 71.0 Å². The summed E-state index contributed by atoms with van der Waals surface area (Å²) in [6.07, 6.45) is 4.82. The SMILES string of the molecule is O=C1NC(=O)/C(=C/c2ccnc(N3CCC(CCCc4cccnc4-c4cccc(OC(F)(F)F)c4)CC3)n2)S1. The van der Waals surface area contributed by atoms with Gasteiger partial charge in [-0.1, -0.05) is 18.2 Å². The fourth-order valence-corrected chi connectivity index (χ4v) is 5.56. The maximum Gasteiger partial charge on any atom is 0.573 e. The van der Waals surface area contributed by atoms with Gasteiger partial charge in [-0.3, -0.25) is 19.9 Å². The topological polar surface area (TPSA) is 97.3 Å². The molecule has 4 heterocycles. The first-order valence-corrected chi connectivity index (χ1v) is 13.7. The molecule has 2 aromatic heterocycles. The Morgan fingerprint density at radius 3 is 2.65 bits per heavy atom. The summed E-state index contributed by atoms with van der Waals surface area (Å²) >= 11 is 0.855. The van der Waals surface area contributed by atoms with E-state index in [4.69, 9.17) is 0 Å². The van der Waals surface area contributed by atoms with E-state index in [1.165, 1.54) is 18.2 Å². The first-order chi connectivity index (χ1) is 19.2. The number of nitrogens with zero attached hydrogens (tertiary/aromatic N) is 4. The second kappa shape index (κ2) is 12.1. The number of rotatable bonds is 8. The molecule has 0 saturated carbocycles. The Balaban J connectivity index is 1.14. The van der Waals surface area contributed by atoms with Crippen molar-refractivity contribution >= 4 is 34.9 Å². The Labute approximate surface area is 233 Å². The number of imide groups is 1. The number of hydrogen-bond donors (Lipinski definition) is 1. The number of carbonyl (C=O) groups excluding carboxylic acids is 2. The Bertz CT molecular complexity index is 1420. The number of aryl methyl sites for hydroxylation is 1. The Hall–Kier alpha value is -3.93. The second-order valence-corrected chi connectivity index (χ2v) is 10.6. The predicted molar refractivity (Wildman–Crippen MR) is 145 cm³/mol. The number of aromatic nitrogens is 3. The lowest BCUT2D eigenvalue weighted by Crippen LogP contribution is -2.35. The van der Waals surface area contributed by atoms with Gasteiger partial charge in [-0.05, 0) is 85.7 Å². The third kappa shape index (κ3) is 7.17. The molecule has 1 N–H and O–H groups in total. The summed E-state index contributed by atoms with van der Waals surface area (Å²) in [6, 6.07) is 11.4. The van der Waals surface area contributed by atoms with Gasteiger partial charge in [0.1, 0.15) is 5.75 Å². The number of amides is 2. The molecular formula is C28H26F3N5O3S. The van der Waals surface area contributed by atoms with E-state index in [-0.39, 0.29) is 5.75 Å². The number of alkyl halides is 3. The highest BCUT2D eigenvalue weighted by molar-refractivity contribution is 8.18. The summed E-state index contributed by atoms with van der Waals surface area (Å²) in [5.41, 5.74) is 2.80. The van der Waals surface area contributed by atoms with E-state index < -0.39 is 17.5 Å². The molecule has 2 saturated heterocycles. The lowest BCUT2D eigenvalue weighted by atomic mass is 9.90. The molecule has 40 heavy (non-hydrogen) atoms. The van der Waals surface area contributed by atoms with E-state index in [2.05, 4.69) is 29.9 Å². The zero-order valence-corrected chi connectivity index (χ0v) is 22.2. The third-order valence-electron chi connectivity index (χ3n) is 6.77. The average molecular weight is 570 g/mol. The molecule has 0 radical (unpaired) electrons. The number of anilines is 1. The van der Waals surface area contributed by atoms with Crippen molar-refractivity contribution in [1.82, 2.24) is 20.3 Å². The van der Waals surface area contributed by atoms with Crippen molar-refractivity contribution < 1.29 is 27.5 Å². The van der Waals surface area contributed by atoms with Gasteiger partial charge < -0.3 is 9.64 Å². The number of piperidine rings is 1. The first kappa shape index (κ1) is 27.6. The van der Waals surface area contributed by atoms with E-state index >= 15 is 0 Å². The number of thioether (sulfide) groups is 1. The van der Waals surface area contributed by atoms with Crippen molar-refractivity contribution in [1.29, 1.82) is 0 Å². The normalized spacial score (nSPS) is 17.4. The number of halogens is 3. The molecule has 1 aromatic carbocycles. The van der Waals surface area contributed by atoms with Crippen molar-refractivity contribution in [2.45, 2.75) is 38.5 Å². The summed E-state index contributed by atoms with van der Waals surface area (Å²) in [7, 11) is 0. The van der Waals surface area contributed by atoms with Gasteiger partial charge in [-0.25, -0.2) is 9.97 Å². The quantitative estimate of drug-likeness (QED) is 0.330. The minimum absolute atomic E-state index is 0.266. The van der Waals surface area contributed by atoms with E-state index in [0.717, 1.165) is 62.5 Å². The second-order valence-electron chi connectivity index (χ2n) is 9.54. The maximum absolute atomic E-state index is 12.7. The molecule has 5 rings (SSSR count). The van der Waals surface area contributed by atoms with Crippen molar-refractivity contribution in [2.24, 2.45) is 5.92 Å². The van der Waals surface area contributed by atoms with Crippen LogP contribution in [0.4, 0.5) is 23.9 Å². The van der Waals surface area contributed by atoms with Crippen LogP contribution in [-0.4, -0.2) is 45.6 Å². The smallest absolute Gasteiger partial charge is 0.406 e. The number of pyridine rings is 1. The van der Waals surface area contributed by atoms with Crippen LogP contribution in [0.1, 0.15) is 36.9 Å². The number of benzene rings is 1. The Morgan fingerprint density at radius 2 is 1.90 bits per heavy atom. The van der Waals surface area contributed by atoms with Crippen LogP contribution in [0, 0.1) is 5.92 Å². The predicted octanol–water partition coefficient (Wildman–Crippen LogP) is 6.00. The minimum atomic E-state index is -4.75. The Morgan fingerprint density at radius 1 is 1.07 bits per heavy atom. The van der Waals surface area contributed by atoms with Crippen LogP contribution in [-0.2, 0) is 11.2 Å². The lowest BCUT2D eigenvalue weighted by Gasteiger charge is -2.32. The fourth-order valence-electron chi connectivity index (χ4n) is 4.89. The molecule has 0 unspecified atom stereocenters. The fraction of sp³-hybridized carbons (Fsp3) is 0.321. The molecule has 0 atom stereocenters. The highest BCUT2D eigenvalue weighted by Gasteiger charge is 2.31. The van der Waals surface area contributed by atoms with Crippen molar-refractivity contribution in [2.75, 3.05) is 18.0 Å². The highest BCUT2D eigenvalue weighted by Crippen LogP contribution is 2.31.